The van der Waals surface area contributed by atoms with Crippen molar-refractivity contribution in [1.29, 1.82) is 0 Å². The van der Waals surface area contributed by atoms with Gasteiger partial charge in [-0.3, -0.25) is 9.59 Å². The van der Waals surface area contributed by atoms with Crippen LogP contribution in [0, 0.1) is 6.92 Å². The van der Waals surface area contributed by atoms with E-state index in [2.05, 4.69) is 15.3 Å². The number of phenols is 2. The van der Waals surface area contributed by atoms with Crippen molar-refractivity contribution in [1.82, 2.24) is 15.3 Å². The molecule has 2 heterocycles. The lowest BCUT2D eigenvalue weighted by Crippen LogP contribution is -2.30. The van der Waals surface area contributed by atoms with E-state index in [0.717, 1.165) is 28.3 Å². The van der Waals surface area contributed by atoms with Crippen LogP contribution in [-0.2, 0) is 13.1 Å². The molecule has 206 valence electrons. The molecule has 2 amide bonds. The van der Waals surface area contributed by atoms with Crippen LogP contribution in [0.2, 0.25) is 5.28 Å². The number of hydrogen-bond acceptors (Lipinski definition) is 7. The maximum Gasteiger partial charge on any atom is 0.287 e. The van der Waals surface area contributed by atoms with Crippen molar-refractivity contribution >= 4 is 29.1 Å². The lowest BCUT2D eigenvalue weighted by atomic mass is 10.1. The summed E-state index contributed by atoms with van der Waals surface area (Å²) in [6.07, 6.45) is 3.09. The highest BCUT2D eigenvalue weighted by Gasteiger charge is 2.22. The average molecular weight is 569 g/mol. The molecule has 0 aliphatic rings. The Morgan fingerprint density at radius 1 is 0.976 bits per heavy atom. The fourth-order valence-corrected chi connectivity index (χ4v) is 4.39. The highest BCUT2D eigenvalue weighted by atomic mass is 35.5. The summed E-state index contributed by atoms with van der Waals surface area (Å²) in [6, 6.07) is 21.8. The number of nitrogens with one attached hydrogen (secondary N) is 1. The molecule has 0 saturated heterocycles. The van der Waals surface area contributed by atoms with E-state index in [-0.39, 0.29) is 40.6 Å². The van der Waals surface area contributed by atoms with Gasteiger partial charge >= 0.3 is 0 Å². The molecule has 0 fully saturated rings. The summed E-state index contributed by atoms with van der Waals surface area (Å²) in [5.74, 6) is -1.01. The monoisotopic (exact) mass is 568 g/mol. The molecule has 0 spiro atoms. The number of nitrogens with zero attached hydrogens (tertiary/aromatic N) is 3. The van der Waals surface area contributed by atoms with Gasteiger partial charge < -0.3 is 24.8 Å². The number of amides is 2. The third kappa shape index (κ3) is 6.37. The van der Waals surface area contributed by atoms with Crippen LogP contribution >= 0.6 is 11.6 Å². The first-order chi connectivity index (χ1) is 19.8. The molecule has 2 aromatic heterocycles. The van der Waals surface area contributed by atoms with Crippen molar-refractivity contribution in [3.63, 3.8) is 0 Å². The predicted octanol–water partition coefficient (Wildman–Crippen LogP) is 5.89. The topological polar surface area (TPSA) is 129 Å². The molecule has 41 heavy (non-hydrogen) atoms. The van der Waals surface area contributed by atoms with Gasteiger partial charge in [0.2, 0.25) is 5.28 Å². The van der Waals surface area contributed by atoms with E-state index in [1.807, 2.05) is 43.3 Å². The summed E-state index contributed by atoms with van der Waals surface area (Å²) in [5.41, 5.74) is 4.65. The first kappa shape index (κ1) is 27.4. The fourth-order valence-electron chi connectivity index (χ4n) is 4.26. The van der Waals surface area contributed by atoms with E-state index in [4.69, 9.17) is 16.0 Å². The van der Waals surface area contributed by atoms with Crippen LogP contribution in [0.15, 0.2) is 95.7 Å². The SMILES string of the molecule is Cc1cnc(Cl)nc1-c1ccc(N(Cc2ccc(CNC(=O)c3ccco3)cc2)C(=O)c2ccc(O)cc2O)cc1. The second-order valence-corrected chi connectivity index (χ2v) is 9.62. The number of aromatic hydroxyl groups is 2. The van der Waals surface area contributed by atoms with Crippen LogP contribution in [0.5, 0.6) is 11.5 Å². The van der Waals surface area contributed by atoms with Crippen LogP contribution in [0.1, 0.15) is 37.6 Å². The molecule has 5 rings (SSSR count). The number of halogens is 1. The number of aromatic nitrogens is 2. The second kappa shape index (κ2) is 11.9. The van der Waals surface area contributed by atoms with Crippen molar-refractivity contribution in [2.75, 3.05) is 4.90 Å². The van der Waals surface area contributed by atoms with Gasteiger partial charge in [0.05, 0.1) is 24.1 Å². The van der Waals surface area contributed by atoms with Gasteiger partial charge in [0.25, 0.3) is 11.8 Å². The van der Waals surface area contributed by atoms with E-state index < -0.39 is 5.91 Å². The summed E-state index contributed by atoms with van der Waals surface area (Å²) < 4.78 is 5.11. The Hall–Kier alpha value is -5.15. The van der Waals surface area contributed by atoms with Gasteiger partial charge in [0.15, 0.2) is 5.76 Å². The van der Waals surface area contributed by atoms with Crippen LogP contribution in [-0.4, -0.2) is 32.0 Å². The van der Waals surface area contributed by atoms with E-state index in [1.54, 1.807) is 30.5 Å². The lowest BCUT2D eigenvalue weighted by molar-refractivity contribution is 0.0922. The molecule has 3 aromatic carbocycles. The van der Waals surface area contributed by atoms with Gasteiger partial charge in [-0.1, -0.05) is 36.4 Å². The highest BCUT2D eigenvalue weighted by molar-refractivity contribution is 6.28. The number of benzene rings is 3. The molecule has 3 N–H and O–H groups in total. The minimum Gasteiger partial charge on any atom is -0.508 e. The Kier molecular flexibility index (Phi) is 7.98. The van der Waals surface area contributed by atoms with E-state index in [0.29, 0.717) is 17.9 Å². The molecule has 0 aliphatic carbocycles. The quantitative estimate of drug-likeness (QED) is 0.199. The number of hydrogen-bond donors (Lipinski definition) is 3. The van der Waals surface area contributed by atoms with Gasteiger partial charge in [-0.2, -0.15) is 0 Å². The number of carbonyl (C=O) groups excluding carboxylic acids is 2. The van der Waals surface area contributed by atoms with Gasteiger partial charge in [-0.15, -0.1) is 0 Å². The average Bonchev–Trinajstić information content (AvgIpc) is 3.52. The van der Waals surface area contributed by atoms with Gasteiger partial charge in [-0.05, 0) is 71.6 Å². The van der Waals surface area contributed by atoms with Crippen molar-refractivity contribution in [2.45, 2.75) is 20.0 Å². The van der Waals surface area contributed by atoms with E-state index >= 15 is 0 Å². The van der Waals surface area contributed by atoms with Crippen molar-refractivity contribution in [2.24, 2.45) is 0 Å². The number of phenolic OH excluding ortho intramolecular Hbond substituents is 2. The number of aryl methyl sites for hydroxylation is 1. The minimum absolute atomic E-state index is 0.0440. The van der Waals surface area contributed by atoms with Gasteiger partial charge in [0, 0.05) is 30.1 Å². The van der Waals surface area contributed by atoms with Gasteiger partial charge in [0.1, 0.15) is 11.5 Å². The molecule has 9 nitrogen and oxygen atoms in total. The first-order valence-corrected chi connectivity index (χ1v) is 13.0. The smallest absolute Gasteiger partial charge is 0.287 e. The fraction of sp³-hybridized carbons (Fsp3) is 0.0968. The third-order valence-corrected chi connectivity index (χ3v) is 6.60. The molecule has 5 aromatic rings. The summed E-state index contributed by atoms with van der Waals surface area (Å²) in [6.45, 7) is 2.38. The standard InChI is InChI=1S/C31H25ClN4O5/c1-19-16-34-31(32)35-28(19)22-8-10-23(11-9-22)36(30(40)25-13-12-24(37)15-26(25)38)18-21-6-4-20(5-7-21)17-33-29(39)27-3-2-14-41-27/h2-16,37-38H,17-18H2,1H3,(H,33,39). The molecule has 0 bridgehead atoms. The number of carbonyl (C=O) groups is 2. The van der Waals surface area contributed by atoms with Crippen molar-refractivity contribution < 1.29 is 24.2 Å². The Balaban J connectivity index is 1.39. The summed E-state index contributed by atoms with van der Waals surface area (Å²) >= 11 is 6.00. The predicted molar refractivity (Wildman–Crippen MR) is 154 cm³/mol. The first-order valence-electron chi connectivity index (χ1n) is 12.6. The van der Waals surface area contributed by atoms with Crippen LogP contribution in [0.25, 0.3) is 11.3 Å². The molecular formula is C31H25ClN4O5. The normalized spacial score (nSPS) is 10.8. The van der Waals surface area contributed by atoms with E-state index in [9.17, 15) is 19.8 Å². The van der Waals surface area contributed by atoms with Crippen molar-refractivity contribution in [3.8, 4) is 22.8 Å². The maximum absolute atomic E-state index is 13.7. The number of furan rings is 1. The lowest BCUT2D eigenvalue weighted by Gasteiger charge is -2.24. The maximum atomic E-state index is 13.7. The molecule has 0 radical (unpaired) electrons. The van der Waals surface area contributed by atoms with Crippen molar-refractivity contribution in [3.05, 3.63) is 125 Å². The molecule has 0 atom stereocenters. The van der Waals surface area contributed by atoms with Crippen LogP contribution in [0.4, 0.5) is 5.69 Å². The van der Waals surface area contributed by atoms with Gasteiger partial charge in [-0.25, -0.2) is 9.97 Å². The summed E-state index contributed by atoms with van der Waals surface area (Å²) in [5, 5.41) is 23.1. The Morgan fingerprint density at radius 2 is 1.71 bits per heavy atom. The highest BCUT2D eigenvalue weighted by Crippen LogP contribution is 2.30. The zero-order valence-electron chi connectivity index (χ0n) is 21.9. The summed E-state index contributed by atoms with van der Waals surface area (Å²) in [4.78, 5) is 35.7. The second-order valence-electron chi connectivity index (χ2n) is 9.29. The number of rotatable bonds is 8. The Labute approximate surface area is 240 Å². The molecule has 0 saturated carbocycles. The minimum atomic E-state index is -0.453. The van der Waals surface area contributed by atoms with Crippen LogP contribution < -0.4 is 10.2 Å². The summed E-state index contributed by atoms with van der Waals surface area (Å²) in [7, 11) is 0. The van der Waals surface area contributed by atoms with E-state index in [1.165, 1.54) is 23.3 Å². The zero-order chi connectivity index (χ0) is 28.9. The molecular weight excluding hydrogens is 544 g/mol. The van der Waals surface area contributed by atoms with Crippen LogP contribution in [0.3, 0.4) is 0 Å². The number of anilines is 1. The Bertz CT molecular complexity index is 1690. The molecule has 0 aliphatic heterocycles. The third-order valence-electron chi connectivity index (χ3n) is 6.41. The Morgan fingerprint density at radius 3 is 2.39 bits per heavy atom. The zero-order valence-corrected chi connectivity index (χ0v) is 22.7. The molecule has 10 heteroatoms. The molecule has 0 unspecified atom stereocenters. The largest absolute Gasteiger partial charge is 0.508 e.